The highest BCUT2D eigenvalue weighted by Crippen LogP contribution is 2.35. The van der Waals surface area contributed by atoms with Gasteiger partial charge in [-0.2, -0.15) is 0 Å². The van der Waals surface area contributed by atoms with Crippen molar-refractivity contribution >= 4 is 56.3 Å². The quantitative estimate of drug-likeness (QED) is 0.661. The molecule has 0 saturated heterocycles. The third-order valence-corrected chi connectivity index (χ3v) is 4.83. The summed E-state index contributed by atoms with van der Waals surface area (Å²) in [6.07, 6.45) is 0. The molecule has 2 aromatic carbocycles. The Hall–Kier alpha value is -2.57. The average Bonchev–Trinajstić information content (AvgIpc) is 2.86. The second-order valence-electron chi connectivity index (χ2n) is 4.76. The molecule has 3 rings (SSSR count). The van der Waals surface area contributed by atoms with Crippen LogP contribution >= 0.6 is 22.9 Å². The van der Waals surface area contributed by atoms with Crippen molar-refractivity contribution in [2.45, 2.75) is 0 Å². The first-order valence-electron chi connectivity index (χ1n) is 6.69. The van der Waals surface area contributed by atoms with Crippen LogP contribution < -0.4 is 16.4 Å². The fraction of sp³-hybridized carbons (Fsp3) is 0. The molecule has 0 aliphatic heterocycles. The Morgan fingerprint density at radius 2 is 1.57 bits per heavy atom. The highest BCUT2D eigenvalue weighted by Gasteiger charge is 2.16. The lowest BCUT2D eigenvalue weighted by molar-refractivity contribution is 0.103. The summed E-state index contributed by atoms with van der Waals surface area (Å²) in [6, 6.07) is 13.6. The van der Waals surface area contributed by atoms with Gasteiger partial charge in [0.2, 0.25) is 0 Å². The molecule has 5 nitrogen and oxygen atoms in total. The van der Waals surface area contributed by atoms with Crippen molar-refractivity contribution in [1.82, 2.24) is 0 Å². The van der Waals surface area contributed by atoms with E-state index in [1.165, 1.54) is 11.3 Å². The van der Waals surface area contributed by atoms with E-state index in [1.807, 2.05) is 24.3 Å². The van der Waals surface area contributed by atoms with Gasteiger partial charge >= 0.3 is 6.03 Å². The molecule has 0 aliphatic rings. The first-order valence-corrected chi connectivity index (χ1v) is 7.89. The molecule has 0 atom stereocenters. The largest absolute Gasteiger partial charge is 0.351 e. The second-order valence-corrected chi connectivity index (χ2v) is 6.19. The van der Waals surface area contributed by atoms with Crippen molar-refractivity contribution in [2.24, 2.45) is 5.73 Å². The molecule has 4 N–H and O–H groups in total. The van der Waals surface area contributed by atoms with Gasteiger partial charge < -0.3 is 16.4 Å². The van der Waals surface area contributed by atoms with Crippen LogP contribution in [0.25, 0.3) is 10.1 Å². The minimum absolute atomic E-state index is 0.271. The van der Waals surface area contributed by atoms with Gasteiger partial charge in [0.25, 0.3) is 5.91 Å². The number of amides is 3. The SMILES string of the molecule is NC(=O)Nc1ccc(NC(=O)c2sc3ccccc3c2Cl)cc1. The van der Waals surface area contributed by atoms with Crippen LogP contribution in [0.4, 0.5) is 16.2 Å². The van der Waals surface area contributed by atoms with Crippen molar-refractivity contribution in [3.8, 4) is 0 Å². The van der Waals surface area contributed by atoms with Gasteiger partial charge in [0.05, 0.1) is 5.02 Å². The van der Waals surface area contributed by atoms with E-state index in [-0.39, 0.29) is 5.91 Å². The standard InChI is InChI=1S/C16H12ClN3O2S/c17-13-11-3-1-2-4-12(11)23-14(13)15(21)19-9-5-7-10(8-6-9)20-16(18)22/h1-8H,(H,19,21)(H3,18,20,22). The number of fused-ring (bicyclic) bond motifs is 1. The van der Waals surface area contributed by atoms with E-state index in [4.69, 9.17) is 17.3 Å². The van der Waals surface area contributed by atoms with Gasteiger partial charge in [-0.1, -0.05) is 29.8 Å². The zero-order valence-electron chi connectivity index (χ0n) is 11.8. The number of thiophene rings is 1. The molecule has 7 heteroatoms. The van der Waals surface area contributed by atoms with E-state index < -0.39 is 6.03 Å². The van der Waals surface area contributed by atoms with E-state index >= 15 is 0 Å². The molecule has 0 bridgehead atoms. The molecule has 1 aromatic heterocycles. The monoisotopic (exact) mass is 345 g/mol. The number of hydrogen-bond donors (Lipinski definition) is 3. The van der Waals surface area contributed by atoms with Crippen LogP contribution in [0, 0.1) is 0 Å². The maximum absolute atomic E-state index is 12.4. The lowest BCUT2D eigenvalue weighted by atomic mass is 10.2. The number of benzene rings is 2. The summed E-state index contributed by atoms with van der Waals surface area (Å²) in [5, 5.41) is 6.55. The minimum Gasteiger partial charge on any atom is -0.351 e. The van der Waals surface area contributed by atoms with Gasteiger partial charge in [0, 0.05) is 21.5 Å². The van der Waals surface area contributed by atoms with E-state index in [1.54, 1.807) is 24.3 Å². The van der Waals surface area contributed by atoms with Gasteiger partial charge in [-0.3, -0.25) is 4.79 Å². The van der Waals surface area contributed by atoms with E-state index in [0.29, 0.717) is 21.3 Å². The Morgan fingerprint density at radius 1 is 0.957 bits per heavy atom. The summed E-state index contributed by atoms with van der Waals surface area (Å²) in [7, 11) is 0. The first kappa shape index (κ1) is 15.3. The Kier molecular flexibility index (Phi) is 4.18. The maximum atomic E-state index is 12.4. The Bertz CT molecular complexity index is 890. The smallest absolute Gasteiger partial charge is 0.316 e. The van der Waals surface area contributed by atoms with Gasteiger partial charge in [-0.05, 0) is 30.3 Å². The van der Waals surface area contributed by atoms with Crippen molar-refractivity contribution in [1.29, 1.82) is 0 Å². The third-order valence-electron chi connectivity index (χ3n) is 3.15. The fourth-order valence-electron chi connectivity index (χ4n) is 2.13. The summed E-state index contributed by atoms with van der Waals surface area (Å²) >= 11 is 7.63. The predicted molar refractivity (Wildman–Crippen MR) is 94.4 cm³/mol. The topological polar surface area (TPSA) is 84.2 Å². The van der Waals surface area contributed by atoms with E-state index in [2.05, 4.69) is 10.6 Å². The minimum atomic E-state index is -0.640. The number of rotatable bonds is 3. The summed E-state index contributed by atoms with van der Waals surface area (Å²) in [4.78, 5) is 23.6. The number of carbonyl (C=O) groups excluding carboxylic acids is 2. The Labute approximate surface area is 141 Å². The van der Waals surface area contributed by atoms with Crippen LogP contribution in [-0.4, -0.2) is 11.9 Å². The van der Waals surface area contributed by atoms with Crippen molar-refractivity contribution in [3.63, 3.8) is 0 Å². The molecule has 3 amide bonds. The molecule has 0 fully saturated rings. The zero-order chi connectivity index (χ0) is 16.4. The van der Waals surface area contributed by atoms with E-state index in [0.717, 1.165) is 10.1 Å². The van der Waals surface area contributed by atoms with Gasteiger partial charge in [0.1, 0.15) is 4.88 Å². The van der Waals surface area contributed by atoms with Crippen LogP contribution in [0.5, 0.6) is 0 Å². The molecular weight excluding hydrogens is 334 g/mol. The Balaban J connectivity index is 1.80. The van der Waals surface area contributed by atoms with Crippen LogP contribution in [0.3, 0.4) is 0 Å². The summed E-state index contributed by atoms with van der Waals surface area (Å²) in [5.74, 6) is -0.271. The number of urea groups is 1. The molecule has 0 saturated carbocycles. The van der Waals surface area contributed by atoms with Gasteiger partial charge in [0.15, 0.2) is 0 Å². The molecule has 3 aromatic rings. The zero-order valence-corrected chi connectivity index (χ0v) is 13.4. The molecule has 0 aliphatic carbocycles. The molecule has 1 heterocycles. The number of anilines is 2. The van der Waals surface area contributed by atoms with Crippen molar-refractivity contribution in [3.05, 3.63) is 58.4 Å². The lowest BCUT2D eigenvalue weighted by Gasteiger charge is -2.06. The Morgan fingerprint density at radius 3 is 2.17 bits per heavy atom. The summed E-state index contributed by atoms with van der Waals surface area (Å²) < 4.78 is 0.962. The van der Waals surface area contributed by atoms with Gasteiger partial charge in [-0.25, -0.2) is 4.79 Å². The van der Waals surface area contributed by atoms with Crippen LogP contribution in [-0.2, 0) is 0 Å². The molecular formula is C16H12ClN3O2S. The normalized spacial score (nSPS) is 10.5. The molecule has 116 valence electrons. The second kappa shape index (κ2) is 6.28. The number of carbonyl (C=O) groups is 2. The number of hydrogen-bond acceptors (Lipinski definition) is 3. The summed E-state index contributed by atoms with van der Waals surface area (Å²) in [6.45, 7) is 0. The molecule has 0 unspecified atom stereocenters. The van der Waals surface area contributed by atoms with Gasteiger partial charge in [-0.15, -0.1) is 11.3 Å². The van der Waals surface area contributed by atoms with Crippen LogP contribution in [0.1, 0.15) is 9.67 Å². The average molecular weight is 346 g/mol. The highest BCUT2D eigenvalue weighted by molar-refractivity contribution is 7.21. The van der Waals surface area contributed by atoms with Crippen LogP contribution in [0.15, 0.2) is 48.5 Å². The molecule has 0 spiro atoms. The number of primary amides is 1. The number of nitrogens with two attached hydrogens (primary N) is 1. The lowest BCUT2D eigenvalue weighted by Crippen LogP contribution is -2.19. The fourth-order valence-corrected chi connectivity index (χ4v) is 3.54. The predicted octanol–water partition coefficient (Wildman–Crippen LogP) is 4.30. The van der Waals surface area contributed by atoms with Crippen LogP contribution in [0.2, 0.25) is 5.02 Å². The van der Waals surface area contributed by atoms with Crippen molar-refractivity contribution < 1.29 is 9.59 Å². The van der Waals surface area contributed by atoms with E-state index in [9.17, 15) is 9.59 Å². The first-order chi connectivity index (χ1) is 11.0. The third kappa shape index (κ3) is 3.28. The molecule has 23 heavy (non-hydrogen) atoms. The highest BCUT2D eigenvalue weighted by atomic mass is 35.5. The summed E-state index contributed by atoms with van der Waals surface area (Å²) in [5.41, 5.74) is 6.19. The molecule has 0 radical (unpaired) electrons. The maximum Gasteiger partial charge on any atom is 0.316 e. The number of nitrogens with one attached hydrogen (secondary N) is 2. The van der Waals surface area contributed by atoms with Crippen molar-refractivity contribution in [2.75, 3.05) is 10.6 Å². The number of halogens is 1.